The zero-order valence-electron chi connectivity index (χ0n) is 21.4. The monoisotopic (exact) mass is 554 g/mol. The lowest BCUT2D eigenvalue weighted by atomic mass is 9.88. The van der Waals surface area contributed by atoms with Crippen LogP contribution in [0.5, 0.6) is 5.75 Å². The van der Waals surface area contributed by atoms with Gasteiger partial charge in [0.25, 0.3) is 0 Å². The van der Waals surface area contributed by atoms with Crippen LogP contribution >= 0.6 is 11.6 Å². The maximum atomic E-state index is 13.0. The molecule has 2 heterocycles. The first-order valence-corrected chi connectivity index (χ1v) is 14.5. The Labute approximate surface area is 228 Å². The maximum absolute atomic E-state index is 13.0. The number of likely N-dealkylation sites (N-methyl/N-ethyl adjacent to an activating group) is 1. The van der Waals surface area contributed by atoms with Crippen molar-refractivity contribution in [3.63, 3.8) is 0 Å². The summed E-state index contributed by atoms with van der Waals surface area (Å²) in [5.41, 5.74) is 2.96. The summed E-state index contributed by atoms with van der Waals surface area (Å²) in [6.07, 6.45) is 6.29. The first-order valence-electron chi connectivity index (χ1n) is 12.7. The summed E-state index contributed by atoms with van der Waals surface area (Å²) < 4.78 is 27.4. The molecule has 0 amide bonds. The van der Waals surface area contributed by atoms with Crippen molar-refractivity contribution in [3.05, 3.63) is 70.9 Å². The second-order valence-electron chi connectivity index (χ2n) is 9.84. The van der Waals surface area contributed by atoms with Gasteiger partial charge >= 0.3 is 0 Å². The van der Waals surface area contributed by atoms with Gasteiger partial charge in [0.2, 0.25) is 16.0 Å². The normalized spacial score (nSPS) is 21.6. The van der Waals surface area contributed by atoms with Gasteiger partial charge in [0.15, 0.2) is 0 Å². The summed E-state index contributed by atoms with van der Waals surface area (Å²) in [5.74, 6) is 0.508. The van der Waals surface area contributed by atoms with Gasteiger partial charge in [-0.1, -0.05) is 24.6 Å². The summed E-state index contributed by atoms with van der Waals surface area (Å²) in [6.45, 7) is 5.32. The molecule has 0 spiro atoms. The molecule has 3 aliphatic rings. The van der Waals surface area contributed by atoms with Gasteiger partial charge in [-0.15, -0.1) is 10.2 Å². The molecule has 2 unspecified atom stereocenters. The molecule has 38 heavy (non-hydrogen) atoms. The van der Waals surface area contributed by atoms with Crippen molar-refractivity contribution in [2.45, 2.75) is 30.7 Å². The van der Waals surface area contributed by atoms with E-state index < -0.39 is 10.0 Å². The minimum atomic E-state index is -3.57. The van der Waals surface area contributed by atoms with Crippen LogP contribution in [0.4, 0.5) is 5.69 Å². The van der Waals surface area contributed by atoms with Crippen molar-refractivity contribution < 1.29 is 13.5 Å². The van der Waals surface area contributed by atoms with Crippen molar-refractivity contribution in [1.29, 1.82) is 0 Å². The van der Waals surface area contributed by atoms with Crippen molar-refractivity contribution in [3.8, 4) is 5.75 Å². The van der Waals surface area contributed by atoms with E-state index in [-0.39, 0.29) is 22.6 Å². The molecule has 0 saturated carbocycles. The molecular formula is C27H31ClN6O3S. The number of hydrogen-bond donors (Lipinski definition) is 2. The Morgan fingerprint density at radius 3 is 2.61 bits per heavy atom. The third-order valence-electron chi connectivity index (χ3n) is 7.08. The minimum Gasteiger partial charge on any atom is -0.508 e. The molecule has 0 aromatic heterocycles. The minimum absolute atomic E-state index is 0.0167. The number of aliphatic imine (C=N–C) groups is 1. The second kappa shape index (κ2) is 11.0. The van der Waals surface area contributed by atoms with Crippen LogP contribution in [0.15, 0.2) is 80.4 Å². The first-order chi connectivity index (χ1) is 18.2. The number of anilines is 1. The highest BCUT2D eigenvalue weighted by Crippen LogP contribution is 2.37. The van der Waals surface area contributed by atoms with Gasteiger partial charge in [-0.3, -0.25) is 0 Å². The van der Waals surface area contributed by atoms with Crippen LogP contribution in [-0.4, -0.2) is 68.0 Å². The van der Waals surface area contributed by atoms with Gasteiger partial charge in [0, 0.05) is 42.3 Å². The van der Waals surface area contributed by atoms with Crippen LogP contribution in [0, 0.1) is 5.92 Å². The molecule has 9 nitrogen and oxygen atoms in total. The lowest BCUT2D eigenvalue weighted by molar-refractivity contribution is 0.310. The standard InChI is InChI=1S/C27H31ClN6O3S/c1-18-15-19(23-17-21(35)7-10-24(23)28)16-25-26(18)30-27(32-31-25)29-20-5-8-22(9-6-20)38(36,37)33(2)13-14-34-11-3-4-12-34/h5-10,15-18,26,35H,3-4,11-14H2,1-2H3,(H,29,30). The molecule has 1 saturated heterocycles. The van der Waals surface area contributed by atoms with E-state index in [9.17, 15) is 13.5 Å². The number of phenols is 1. The van der Waals surface area contributed by atoms with Crippen molar-refractivity contribution in [1.82, 2.24) is 9.21 Å². The Kier molecular flexibility index (Phi) is 7.67. The largest absolute Gasteiger partial charge is 0.508 e. The Morgan fingerprint density at radius 1 is 1.13 bits per heavy atom. The zero-order valence-corrected chi connectivity index (χ0v) is 23.0. The fraction of sp³-hybridized carbons (Fsp3) is 0.370. The summed E-state index contributed by atoms with van der Waals surface area (Å²) in [5, 5.41) is 22.2. The predicted octanol–water partition coefficient (Wildman–Crippen LogP) is 4.98. The number of nitrogens with zero attached hydrogens (tertiary/aromatic N) is 5. The maximum Gasteiger partial charge on any atom is 0.243 e. The lowest BCUT2D eigenvalue weighted by Gasteiger charge is -2.26. The van der Waals surface area contributed by atoms with E-state index in [1.54, 1.807) is 49.5 Å². The number of phenolic OH excluding ortho intramolecular Hbond substituents is 1. The van der Waals surface area contributed by atoms with E-state index in [4.69, 9.17) is 16.6 Å². The molecular weight excluding hydrogens is 524 g/mol. The number of hydrogen-bond acceptors (Lipinski definition) is 8. The molecule has 2 N–H and O–H groups in total. The van der Waals surface area contributed by atoms with Crippen LogP contribution in [0.1, 0.15) is 25.3 Å². The van der Waals surface area contributed by atoms with Crippen LogP contribution in [0.2, 0.25) is 5.02 Å². The average Bonchev–Trinajstić information content (AvgIpc) is 3.43. The third-order valence-corrected chi connectivity index (χ3v) is 9.28. The molecule has 0 radical (unpaired) electrons. The number of halogens is 1. The van der Waals surface area contributed by atoms with E-state index in [0.717, 1.165) is 30.8 Å². The summed E-state index contributed by atoms with van der Waals surface area (Å²) in [4.78, 5) is 7.27. The Balaban J connectivity index is 1.24. The molecule has 0 bridgehead atoms. The predicted molar refractivity (Wildman–Crippen MR) is 150 cm³/mol. The van der Waals surface area contributed by atoms with Gasteiger partial charge < -0.3 is 15.3 Å². The van der Waals surface area contributed by atoms with Gasteiger partial charge in [-0.2, -0.15) is 4.31 Å². The highest BCUT2D eigenvalue weighted by atomic mass is 35.5. The highest BCUT2D eigenvalue weighted by Gasteiger charge is 2.29. The fourth-order valence-electron chi connectivity index (χ4n) is 4.86. The van der Waals surface area contributed by atoms with Crippen LogP contribution in [0.25, 0.3) is 5.57 Å². The summed E-state index contributed by atoms with van der Waals surface area (Å²) in [6, 6.07) is 11.2. The van der Waals surface area contributed by atoms with Gasteiger partial charge in [0.1, 0.15) is 11.8 Å². The number of guanidine groups is 1. The number of likely N-dealkylation sites (tertiary alicyclic amines) is 1. The van der Waals surface area contributed by atoms with Gasteiger partial charge in [-0.05, 0) is 80.0 Å². The molecule has 1 aliphatic carbocycles. The molecule has 2 aromatic rings. The fourth-order valence-corrected chi connectivity index (χ4v) is 6.25. The average molecular weight is 555 g/mol. The van der Waals surface area contributed by atoms with Crippen LogP contribution in [-0.2, 0) is 10.0 Å². The van der Waals surface area contributed by atoms with Gasteiger partial charge in [0.05, 0.1) is 10.6 Å². The summed E-state index contributed by atoms with van der Waals surface area (Å²) >= 11 is 6.35. The molecule has 2 atom stereocenters. The second-order valence-corrected chi connectivity index (χ2v) is 12.3. The van der Waals surface area contributed by atoms with E-state index in [1.807, 2.05) is 13.0 Å². The van der Waals surface area contributed by atoms with Crippen molar-refractivity contribution in [2.24, 2.45) is 21.1 Å². The topological polar surface area (TPSA) is 110 Å². The van der Waals surface area contributed by atoms with E-state index >= 15 is 0 Å². The number of sulfonamides is 1. The van der Waals surface area contributed by atoms with E-state index in [0.29, 0.717) is 28.9 Å². The SMILES string of the molecule is CC1C=C(c2cc(O)ccc2Cl)C=C2N=NC(Nc3ccc(S(=O)(=O)N(C)CCN4CCCC4)cc3)=NC21. The van der Waals surface area contributed by atoms with Crippen LogP contribution < -0.4 is 5.32 Å². The molecule has 2 aromatic carbocycles. The Bertz CT molecular complexity index is 1430. The highest BCUT2D eigenvalue weighted by molar-refractivity contribution is 7.89. The number of aromatic hydroxyl groups is 1. The number of rotatable bonds is 7. The molecule has 5 rings (SSSR count). The molecule has 11 heteroatoms. The van der Waals surface area contributed by atoms with Gasteiger partial charge in [-0.25, -0.2) is 13.4 Å². The first kappa shape index (κ1) is 26.6. The smallest absolute Gasteiger partial charge is 0.243 e. The number of fused-ring (bicyclic) bond motifs is 1. The molecule has 200 valence electrons. The quantitative estimate of drug-likeness (QED) is 0.501. The molecule has 2 aliphatic heterocycles. The van der Waals surface area contributed by atoms with E-state index in [1.165, 1.54) is 17.1 Å². The van der Waals surface area contributed by atoms with Crippen molar-refractivity contribution >= 4 is 38.8 Å². The Morgan fingerprint density at radius 2 is 1.87 bits per heavy atom. The third kappa shape index (κ3) is 5.68. The lowest BCUT2D eigenvalue weighted by Crippen LogP contribution is -2.35. The number of benzene rings is 2. The number of azo groups is 1. The van der Waals surface area contributed by atoms with E-state index in [2.05, 4.69) is 26.5 Å². The molecule has 1 fully saturated rings. The van der Waals surface area contributed by atoms with Crippen molar-refractivity contribution in [2.75, 3.05) is 38.5 Å². The number of allylic oxidation sites excluding steroid dienone is 2. The summed E-state index contributed by atoms with van der Waals surface area (Å²) in [7, 11) is -1.95. The Hall–Kier alpha value is -3.05. The zero-order chi connectivity index (χ0) is 26.9. The number of nitrogens with one attached hydrogen (secondary N) is 1. The van der Waals surface area contributed by atoms with Crippen LogP contribution in [0.3, 0.4) is 0 Å².